The second kappa shape index (κ2) is 12.0. The van der Waals surface area contributed by atoms with Crippen molar-refractivity contribution in [2.75, 3.05) is 18.1 Å². The SMILES string of the molecule is CC(C)C[C@@H](C(=O)NC[C@@H]1CCCO1)N(C(=O)Cn1nnc(-c2ccc(F)cc2)n1)c1ccccc1F. The van der Waals surface area contributed by atoms with Gasteiger partial charge in [-0.3, -0.25) is 14.5 Å². The minimum atomic E-state index is -0.967. The van der Waals surface area contributed by atoms with Gasteiger partial charge in [0.15, 0.2) is 0 Å². The topological polar surface area (TPSA) is 102 Å². The molecule has 1 aromatic heterocycles. The van der Waals surface area contributed by atoms with Crippen molar-refractivity contribution in [1.82, 2.24) is 25.5 Å². The van der Waals surface area contributed by atoms with Crippen LogP contribution in [0, 0.1) is 17.6 Å². The van der Waals surface area contributed by atoms with Gasteiger partial charge in [-0.1, -0.05) is 26.0 Å². The molecule has 1 N–H and O–H groups in total. The first-order valence-electron chi connectivity index (χ1n) is 12.3. The molecule has 1 saturated heterocycles. The first-order chi connectivity index (χ1) is 17.8. The van der Waals surface area contributed by atoms with Crippen LogP contribution in [0.4, 0.5) is 14.5 Å². The maximum atomic E-state index is 15.0. The van der Waals surface area contributed by atoms with Gasteiger partial charge in [0, 0.05) is 18.7 Å². The van der Waals surface area contributed by atoms with Crippen molar-refractivity contribution in [2.45, 2.75) is 51.8 Å². The summed E-state index contributed by atoms with van der Waals surface area (Å²) >= 11 is 0. The molecule has 11 heteroatoms. The summed E-state index contributed by atoms with van der Waals surface area (Å²) in [6, 6.07) is 10.4. The summed E-state index contributed by atoms with van der Waals surface area (Å²) in [5.41, 5.74) is 0.515. The molecule has 0 aliphatic carbocycles. The number of rotatable bonds is 10. The second-order valence-electron chi connectivity index (χ2n) is 9.39. The number of carbonyl (C=O) groups is 2. The van der Waals surface area contributed by atoms with Crippen molar-refractivity contribution in [3.63, 3.8) is 0 Å². The number of nitrogens with zero attached hydrogens (tertiary/aromatic N) is 5. The van der Waals surface area contributed by atoms with Gasteiger partial charge in [0.1, 0.15) is 24.2 Å². The fourth-order valence-electron chi connectivity index (χ4n) is 4.26. The molecule has 0 spiro atoms. The zero-order valence-corrected chi connectivity index (χ0v) is 20.8. The van der Waals surface area contributed by atoms with Gasteiger partial charge in [-0.2, -0.15) is 4.80 Å². The predicted octanol–water partition coefficient (Wildman–Crippen LogP) is 3.36. The highest BCUT2D eigenvalue weighted by Gasteiger charge is 2.34. The lowest BCUT2D eigenvalue weighted by atomic mass is 10.00. The second-order valence-corrected chi connectivity index (χ2v) is 9.39. The molecule has 1 aliphatic rings. The highest BCUT2D eigenvalue weighted by atomic mass is 19.1. The zero-order chi connectivity index (χ0) is 26.4. The van der Waals surface area contributed by atoms with Crippen LogP contribution < -0.4 is 10.2 Å². The van der Waals surface area contributed by atoms with Gasteiger partial charge in [0.25, 0.3) is 5.91 Å². The summed E-state index contributed by atoms with van der Waals surface area (Å²) in [4.78, 5) is 29.2. The lowest BCUT2D eigenvalue weighted by Gasteiger charge is -2.32. The average Bonchev–Trinajstić information content (AvgIpc) is 3.56. The van der Waals surface area contributed by atoms with Crippen molar-refractivity contribution < 1.29 is 23.1 Å². The van der Waals surface area contributed by atoms with Crippen LogP contribution in [0.5, 0.6) is 0 Å². The summed E-state index contributed by atoms with van der Waals surface area (Å²) in [7, 11) is 0. The number of hydrogen-bond acceptors (Lipinski definition) is 6. The summed E-state index contributed by atoms with van der Waals surface area (Å²) in [5, 5.41) is 15.0. The van der Waals surface area contributed by atoms with E-state index in [2.05, 4.69) is 20.7 Å². The van der Waals surface area contributed by atoms with Crippen LogP contribution in [0.25, 0.3) is 11.4 Å². The number of para-hydroxylation sites is 1. The van der Waals surface area contributed by atoms with Crippen LogP contribution in [0.15, 0.2) is 48.5 Å². The minimum Gasteiger partial charge on any atom is -0.376 e. The first-order valence-corrected chi connectivity index (χ1v) is 12.3. The zero-order valence-electron chi connectivity index (χ0n) is 20.8. The van der Waals surface area contributed by atoms with Crippen molar-refractivity contribution in [1.29, 1.82) is 0 Å². The molecule has 1 fully saturated rings. The molecule has 0 unspecified atom stereocenters. The molecule has 0 saturated carbocycles. The number of benzene rings is 2. The van der Waals surface area contributed by atoms with Crippen LogP contribution in [-0.2, 0) is 20.9 Å². The Bertz CT molecular complexity index is 1210. The summed E-state index contributed by atoms with van der Waals surface area (Å²) in [5.74, 6) is -1.75. The third-order valence-electron chi connectivity index (χ3n) is 6.05. The Morgan fingerprint density at radius 2 is 1.92 bits per heavy atom. The molecule has 196 valence electrons. The molecular formula is C26H30F2N6O3. The van der Waals surface area contributed by atoms with Crippen LogP contribution in [-0.4, -0.2) is 57.3 Å². The number of aromatic nitrogens is 4. The number of carbonyl (C=O) groups excluding carboxylic acids is 2. The summed E-state index contributed by atoms with van der Waals surface area (Å²) < 4.78 is 33.8. The Balaban J connectivity index is 1.59. The monoisotopic (exact) mass is 512 g/mol. The lowest BCUT2D eigenvalue weighted by Crippen LogP contribution is -2.52. The number of hydrogen-bond donors (Lipinski definition) is 1. The molecule has 2 atom stereocenters. The van der Waals surface area contributed by atoms with Crippen molar-refractivity contribution in [2.24, 2.45) is 5.92 Å². The van der Waals surface area contributed by atoms with E-state index in [1.807, 2.05) is 13.8 Å². The maximum Gasteiger partial charge on any atom is 0.251 e. The number of halogens is 2. The molecule has 4 rings (SSSR count). The van der Waals surface area contributed by atoms with Crippen molar-refractivity contribution in [3.8, 4) is 11.4 Å². The highest BCUT2D eigenvalue weighted by molar-refractivity contribution is 6.00. The van der Waals surface area contributed by atoms with E-state index in [1.165, 1.54) is 47.4 Å². The highest BCUT2D eigenvalue weighted by Crippen LogP contribution is 2.25. The Labute approximate surface area is 213 Å². The van der Waals surface area contributed by atoms with E-state index in [4.69, 9.17) is 4.74 Å². The van der Waals surface area contributed by atoms with E-state index in [0.29, 0.717) is 25.1 Å². The molecule has 9 nitrogen and oxygen atoms in total. The maximum absolute atomic E-state index is 15.0. The van der Waals surface area contributed by atoms with E-state index in [0.717, 1.165) is 17.6 Å². The van der Waals surface area contributed by atoms with Gasteiger partial charge in [0.2, 0.25) is 11.7 Å². The van der Waals surface area contributed by atoms with E-state index in [9.17, 15) is 18.4 Å². The minimum absolute atomic E-state index is 0.00992. The van der Waals surface area contributed by atoms with Crippen LogP contribution in [0.3, 0.4) is 0 Å². The predicted molar refractivity (Wildman–Crippen MR) is 132 cm³/mol. The third kappa shape index (κ3) is 6.73. The van der Waals surface area contributed by atoms with Gasteiger partial charge in [-0.15, -0.1) is 10.2 Å². The number of amides is 2. The molecule has 0 radical (unpaired) electrons. The van der Waals surface area contributed by atoms with Crippen LogP contribution >= 0.6 is 0 Å². The number of anilines is 1. The molecular weight excluding hydrogens is 482 g/mol. The van der Waals surface area contributed by atoms with Gasteiger partial charge < -0.3 is 10.1 Å². The van der Waals surface area contributed by atoms with Gasteiger partial charge in [0.05, 0.1) is 11.8 Å². The van der Waals surface area contributed by atoms with Crippen LogP contribution in [0.2, 0.25) is 0 Å². The molecule has 37 heavy (non-hydrogen) atoms. The van der Waals surface area contributed by atoms with Crippen molar-refractivity contribution in [3.05, 3.63) is 60.2 Å². The average molecular weight is 513 g/mol. The fraction of sp³-hybridized carbons (Fsp3) is 0.423. The van der Waals surface area contributed by atoms with Gasteiger partial charge in [-0.05, 0) is 66.8 Å². The van der Waals surface area contributed by atoms with E-state index in [1.54, 1.807) is 6.07 Å². The lowest BCUT2D eigenvalue weighted by molar-refractivity contribution is -0.127. The summed E-state index contributed by atoms with van der Waals surface area (Å²) in [6.45, 7) is 4.45. The van der Waals surface area contributed by atoms with E-state index in [-0.39, 0.29) is 36.0 Å². The third-order valence-corrected chi connectivity index (χ3v) is 6.05. The molecule has 2 heterocycles. The van der Waals surface area contributed by atoms with Gasteiger partial charge in [-0.25, -0.2) is 8.78 Å². The first kappa shape index (κ1) is 26.3. The molecule has 0 bridgehead atoms. The molecule has 2 aromatic carbocycles. The fourth-order valence-corrected chi connectivity index (χ4v) is 4.26. The number of nitrogens with one attached hydrogen (secondary N) is 1. The smallest absolute Gasteiger partial charge is 0.251 e. The molecule has 3 aromatic rings. The quantitative estimate of drug-likeness (QED) is 0.447. The standard InChI is InChI=1S/C26H30F2N6O3/c1-17(2)14-23(26(36)29-15-20-6-5-13-37-20)34(22-8-4-3-7-21(22)28)24(35)16-33-31-25(30-32-33)18-9-11-19(27)12-10-18/h3-4,7-12,17,20,23H,5-6,13-16H2,1-2H3,(H,29,36)/t20-,23-/m0/s1. The number of ether oxygens (including phenoxy) is 1. The Kier molecular flexibility index (Phi) is 8.54. The molecule has 1 aliphatic heterocycles. The summed E-state index contributed by atoms with van der Waals surface area (Å²) in [6.07, 6.45) is 2.01. The molecule has 2 amide bonds. The Morgan fingerprint density at radius 3 is 2.59 bits per heavy atom. The normalized spacial score (nSPS) is 16.1. The number of tetrazole rings is 1. The van der Waals surface area contributed by atoms with Gasteiger partial charge >= 0.3 is 0 Å². The van der Waals surface area contributed by atoms with E-state index >= 15 is 0 Å². The van der Waals surface area contributed by atoms with Crippen LogP contribution in [0.1, 0.15) is 33.1 Å². The van der Waals surface area contributed by atoms with E-state index < -0.39 is 23.6 Å². The Hall–Kier alpha value is -3.73. The largest absolute Gasteiger partial charge is 0.376 e. The Morgan fingerprint density at radius 1 is 1.16 bits per heavy atom. The van der Waals surface area contributed by atoms with Crippen molar-refractivity contribution >= 4 is 17.5 Å².